The lowest BCUT2D eigenvalue weighted by Crippen LogP contribution is -2.05. The summed E-state index contributed by atoms with van der Waals surface area (Å²) in [6.45, 7) is 2.77. The van der Waals surface area contributed by atoms with Crippen LogP contribution >= 0.6 is 0 Å². The highest BCUT2D eigenvalue weighted by molar-refractivity contribution is 5.89. The highest BCUT2D eigenvalue weighted by Gasteiger charge is 2.10. The Balaban J connectivity index is 1.35. The van der Waals surface area contributed by atoms with Crippen molar-refractivity contribution >= 4 is 11.7 Å². The number of hydrogen-bond donors (Lipinski definition) is 1. The van der Waals surface area contributed by atoms with Gasteiger partial charge in [0.05, 0.1) is 17.9 Å². The molecule has 3 aromatic carbocycles. The van der Waals surface area contributed by atoms with E-state index in [2.05, 4.69) is 20.8 Å². The molecule has 0 atom stereocenters. The number of carbonyl (C=O) groups excluding carboxylic acids is 1. The van der Waals surface area contributed by atoms with Gasteiger partial charge in [-0.25, -0.2) is 4.79 Å². The maximum Gasteiger partial charge on any atom is 0.345 e. The van der Waals surface area contributed by atoms with E-state index in [1.165, 1.54) is 4.68 Å². The first-order chi connectivity index (χ1) is 15.2. The zero-order valence-corrected chi connectivity index (χ0v) is 16.9. The van der Waals surface area contributed by atoms with Gasteiger partial charge in [0.15, 0.2) is 0 Å². The molecule has 0 unspecified atom stereocenters. The molecule has 1 N–H and O–H groups in total. The maximum atomic E-state index is 11.7. The van der Waals surface area contributed by atoms with Crippen LogP contribution in [0.4, 0.5) is 5.69 Å². The predicted molar refractivity (Wildman–Crippen MR) is 115 cm³/mol. The summed E-state index contributed by atoms with van der Waals surface area (Å²) in [4.78, 5) is 11.7. The molecule has 0 saturated carbocycles. The van der Waals surface area contributed by atoms with Gasteiger partial charge < -0.3 is 14.8 Å². The minimum atomic E-state index is -0.317. The molecule has 0 aliphatic rings. The van der Waals surface area contributed by atoms with Crippen molar-refractivity contribution in [3.05, 3.63) is 90.0 Å². The smallest absolute Gasteiger partial charge is 0.345 e. The Kier molecular flexibility index (Phi) is 6.18. The molecule has 0 spiro atoms. The van der Waals surface area contributed by atoms with Crippen LogP contribution < -0.4 is 10.1 Å². The van der Waals surface area contributed by atoms with Crippen molar-refractivity contribution in [2.45, 2.75) is 13.5 Å². The normalized spacial score (nSPS) is 10.5. The van der Waals surface area contributed by atoms with E-state index < -0.39 is 0 Å². The number of aromatic nitrogens is 4. The van der Waals surface area contributed by atoms with Gasteiger partial charge in [0.25, 0.3) is 0 Å². The minimum Gasteiger partial charge on any atom is -0.462 e. The molecule has 1 aromatic heterocycles. The van der Waals surface area contributed by atoms with E-state index in [0.29, 0.717) is 30.5 Å². The van der Waals surface area contributed by atoms with Gasteiger partial charge in [-0.05, 0) is 71.4 Å². The second-order valence-electron chi connectivity index (χ2n) is 6.61. The predicted octanol–water partition coefficient (Wildman–Crippen LogP) is 4.24. The number of hydrogen-bond acceptors (Lipinski definition) is 7. The van der Waals surface area contributed by atoms with Gasteiger partial charge in [-0.2, -0.15) is 4.68 Å². The van der Waals surface area contributed by atoms with Crippen LogP contribution in [0, 0.1) is 0 Å². The number of benzene rings is 3. The summed E-state index contributed by atoms with van der Waals surface area (Å²) in [5, 5.41) is 15.0. The molecule has 1 heterocycles. The minimum absolute atomic E-state index is 0.291. The Bertz CT molecular complexity index is 1130. The molecule has 4 aromatic rings. The van der Waals surface area contributed by atoms with E-state index in [9.17, 15) is 4.79 Å². The molecule has 156 valence electrons. The van der Waals surface area contributed by atoms with E-state index in [0.717, 1.165) is 16.9 Å². The molecule has 0 amide bonds. The topological polar surface area (TPSA) is 91.2 Å². The molecule has 8 heteroatoms. The third-order valence-corrected chi connectivity index (χ3v) is 4.47. The van der Waals surface area contributed by atoms with Crippen molar-refractivity contribution in [2.75, 3.05) is 11.9 Å². The fourth-order valence-corrected chi connectivity index (χ4v) is 2.90. The molecular weight excluding hydrogens is 394 g/mol. The Morgan fingerprint density at radius 3 is 2.42 bits per heavy atom. The first kappa shape index (κ1) is 20.1. The highest BCUT2D eigenvalue weighted by Crippen LogP contribution is 2.22. The van der Waals surface area contributed by atoms with Crippen molar-refractivity contribution in [3.8, 4) is 17.4 Å². The summed E-state index contributed by atoms with van der Waals surface area (Å²) < 4.78 is 12.4. The highest BCUT2D eigenvalue weighted by atomic mass is 16.5. The summed E-state index contributed by atoms with van der Waals surface area (Å²) in [5.41, 5.74) is 3.34. The van der Waals surface area contributed by atoms with E-state index in [-0.39, 0.29) is 5.97 Å². The standard InChI is InChI=1S/C23H21N5O3/c1-2-30-22(29)18-10-12-19(13-11-18)24-16-17-8-14-21(15-9-17)31-23-25-26-27-28(23)20-6-4-3-5-7-20/h3-15,24H,2,16H2,1H3. The van der Waals surface area contributed by atoms with E-state index in [1.54, 1.807) is 19.1 Å². The lowest BCUT2D eigenvalue weighted by Gasteiger charge is -2.09. The SMILES string of the molecule is CCOC(=O)c1ccc(NCc2ccc(Oc3nnnn3-c3ccccc3)cc2)cc1. The van der Waals surface area contributed by atoms with Crippen LogP contribution in [0.2, 0.25) is 0 Å². The molecular formula is C23H21N5O3. The molecule has 0 fully saturated rings. The van der Waals surface area contributed by atoms with Gasteiger partial charge in [-0.3, -0.25) is 0 Å². The number of para-hydroxylation sites is 1. The molecule has 0 aliphatic carbocycles. The monoisotopic (exact) mass is 415 g/mol. The molecule has 0 saturated heterocycles. The van der Waals surface area contributed by atoms with Crippen LogP contribution in [-0.2, 0) is 11.3 Å². The van der Waals surface area contributed by atoms with Crippen LogP contribution in [0.3, 0.4) is 0 Å². The zero-order valence-electron chi connectivity index (χ0n) is 16.9. The number of nitrogens with one attached hydrogen (secondary N) is 1. The average Bonchev–Trinajstić information content (AvgIpc) is 3.28. The van der Waals surface area contributed by atoms with Crippen molar-refractivity contribution in [1.82, 2.24) is 20.2 Å². The van der Waals surface area contributed by atoms with E-state index in [4.69, 9.17) is 9.47 Å². The van der Waals surface area contributed by atoms with Gasteiger partial charge in [0.2, 0.25) is 0 Å². The van der Waals surface area contributed by atoms with Crippen molar-refractivity contribution < 1.29 is 14.3 Å². The Morgan fingerprint density at radius 1 is 0.968 bits per heavy atom. The second kappa shape index (κ2) is 9.53. The number of esters is 1. The molecule has 0 bridgehead atoms. The van der Waals surface area contributed by atoms with Gasteiger partial charge in [0.1, 0.15) is 5.75 Å². The van der Waals surface area contributed by atoms with Crippen LogP contribution in [0.5, 0.6) is 11.8 Å². The van der Waals surface area contributed by atoms with Crippen LogP contribution in [-0.4, -0.2) is 32.8 Å². The van der Waals surface area contributed by atoms with E-state index in [1.807, 2.05) is 66.7 Å². The van der Waals surface area contributed by atoms with Gasteiger partial charge in [-0.1, -0.05) is 35.4 Å². The third-order valence-electron chi connectivity index (χ3n) is 4.47. The number of nitrogens with zero attached hydrogens (tertiary/aromatic N) is 4. The third kappa shape index (κ3) is 5.05. The fourth-order valence-electron chi connectivity index (χ4n) is 2.90. The molecule has 0 radical (unpaired) electrons. The average molecular weight is 415 g/mol. The molecule has 4 rings (SSSR count). The van der Waals surface area contributed by atoms with E-state index >= 15 is 0 Å². The Morgan fingerprint density at radius 2 is 1.71 bits per heavy atom. The van der Waals surface area contributed by atoms with Gasteiger partial charge in [0, 0.05) is 12.2 Å². The molecule has 31 heavy (non-hydrogen) atoms. The van der Waals surface area contributed by atoms with Crippen molar-refractivity contribution in [3.63, 3.8) is 0 Å². The molecule has 8 nitrogen and oxygen atoms in total. The zero-order chi connectivity index (χ0) is 21.5. The number of rotatable bonds is 8. The number of ether oxygens (including phenoxy) is 2. The maximum absolute atomic E-state index is 11.7. The van der Waals surface area contributed by atoms with Crippen LogP contribution in [0.1, 0.15) is 22.8 Å². The number of carbonyl (C=O) groups is 1. The largest absolute Gasteiger partial charge is 0.462 e. The van der Waals surface area contributed by atoms with Gasteiger partial charge >= 0.3 is 12.0 Å². The second-order valence-corrected chi connectivity index (χ2v) is 6.61. The lowest BCUT2D eigenvalue weighted by molar-refractivity contribution is 0.0526. The number of anilines is 1. The summed E-state index contributed by atoms with van der Waals surface area (Å²) in [6, 6.07) is 24.7. The van der Waals surface area contributed by atoms with Crippen LogP contribution in [0.15, 0.2) is 78.9 Å². The quantitative estimate of drug-likeness (QED) is 0.430. The Hall–Kier alpha value is -4.20. The summed E-state index contributed by atoms with van der Waals surface area (Å²) in [7, 11) is 0. The fraction of sp³-hybridized carbons (Fsp3) is 0.130. The summed E-state index contributed by atoms with van der Waals surface area (Å²) in [5.74, 6) is 0.317. The van der Waals surface area contributed by atoms with Crippen LogP contribution in [0.25, 0.3) is 5.69 Å². The first-order valence-electron chi connectivity index (χ1n) is 9.84. The summed E-state index contributed by atoms with van der Waals surface area (Å²) >= 11 is 0. The summed E-state index contributed by atoms with van der Waals surface area (Å²) in [6.07, 6.45) is 0. The number of tetrazole rings is 1. The van der Waals surface area contributed by atoms with Crippen molar-refractivity contribution in [2.24, 2.45) is 0 Å². The van der Waals surface area contributed by atoms with Crippen molar-refractivity contribution in [1.29, 1.82) is 0 Å². The Labute approximate surface area is 179 Å². The lowest BCUT2D eigenvalue weighted by atomic mass is 10.2. The first-order valence-corrected chi connectivity index (χ1v) is 9.84. The molecule has 0 aliphatic heterocycles. The van der Waals surface area contributed by atoms with Gasteiger partial charge in [-0.15, -0.1) is 0 Å².